The van der Waals surface area contributed by atoms with Gasteiger partial charge in [0.25, 0.3) is 11.8 Å². The molecule has 10 nitrogen and oxygen atoms in total. The summed E-state index contributed by atoms with van der Waals surface area (Å²) in [4.78, 5) is 27.2. The summed E-state index contributed by atoms with van der Waals surface area (Å²) < 4.78 is 51.2. The average molecular weight is 500 g/mol. The first kappa shape index (κ1) is 25.3. The molecule has 35 heavy (non-hydrogen) atoms. The molecule has 0 atom stereocenters. The van der Waals surface area contributed by atoms with E-state index in [9.17, 15) is 27.0 Å². The molecular formula is C23H20FN4O6S-. The monoisotopic (exact) mass is 499 g/mol. The van der Waals surface area contributed by atoms with E-state index in [2.05, 4.69) is 15.8 Å². The third-order valence-electron chi connectivity index (χ3n) is 4.51. The number of benzene rings is 2. The molecule has 12 heteroatoms. The lowest BCUT2D eigenvalue weighted by Gasteiger charge is -2.12. The summed E-state index contributed by atoms with van der Waals surface area (Å²) in [6.07, 6.45) is 2.38. The maximum Gasteiger partial charge on any atom is 0.287 e. The highest BCUT2D eigenvalue weighted by Crippen LogP contribution is 2.15. The Kier molecular flexibility index (Phi) is 7.79. The molecule has 0 fully saturated rings. The van der Waals surface area contributed by atoms with Gasteiger partial charge in [0.1, 0.15) is 17.3 Å². The van der Waals surface area contributed by atoms with Crippen LogP contribution in [0.3, 0.4) is 0 Å². The molecule has 0 aliphatic rings. The van der Waals surface area contributed by atoms with Gasteiger partial charge in [-0.15, -0.1) is 0 Å². The molecule has 182 valence electrons. The minimum absolute atomic E-state index is 0.00269. The van der Waals surface area contributed by atoms with Gasteiger partial charge in [0.15, 0.2) is 10.1 Å². The summed E-state index contributed by atoms with van der Waals surface area (Å²) in [5, 5.41) is 5.29. The molecule has 0 unspecified atom stereocenters. The van der Waals surface area contributed by atoms with Crippen LogP contribution in [0.25, 0.3) is 6.08 Å². The lowest BCUT2D eigenvalue weighted by molar-refractivity contribution is -0.117. The smallest absolute Gasteiger partial charge is 0.287 e. The van der Waals surface area contributed by atoms with Crippen LogP contribution in [0.5, 0.6) is 0 Å². The van der Waals surface area contributed by atoms with Crippen molar-refractivity contribution >= 4 is 39.9 Å². The van der Waals surface area contributed by atoms with Gasteiger partial charge in [-0.05, 0) is 54.1 Å². The summed E-state index contributed by atoms with van der Waals surface area (Å²) >= 11 is 0. The van der Waals surface area contributed by atoms with Crippen LogP contribution in [0.1, 0.15) is 21.7 Å². The summed E-state index contributed by atoms with van der Waals surface area (Å²) in [5.41, 5.74) is 3.47. The van der Waals surface area contributed by atoms with E-state index in [0.29, 0.717) is 5.56 Å². The van der Waals surface area contributed by atoms with E-state index in [0.717, 1.165) is 24.0 Å². The predicted molar refractivity (Wildman–Crippen MR) is 125 cm³/mol. The van der Waals surface area contributed by atoms with Crippen LogP contribution >= 0.6 is 0 Å². The van der Waals surface area contributed by atoms with Gasteiger partial charge in [0.2, 0.25) is 5.09 Å². The van der Waals surface area contributed by atoms with Crippen LogP contribution < -0.4 is 15.6 Å². The van der Waals surface area contributed by atoms with Crippen molar-refractivity contribution in [2.75, 3.05) is 19.0 Å². The van der Waals surface area contributed by atoms with Gasteiger partial charge in [0.05, 0.1) is 6.21 Å². The Morgan fingerprint density at radius 2 is 1.80 bits per heavy atom. The molecule has 0 saturated heterocycles. The van der Waals surface area contributed by atoms with Crippen LogP contribution in [0.4, 0.5) is 10.1 Å². The van der Waals surface area contributed by atoms with Crippen molar-refractivity contribution in [1.29, 1.82) is 0 Å². The quantitative estimate of drug-likeness (QED) is 0.209. The third-order valence-corrected chi connectivity index (χ3v) is 5.22. The number of hydrogen-bond acceptors (Lipinski definition) is 8. The van der Waals surface area contributed by atoms with Gasteiger partial charge >= 0.3 is 0 Å². The molecule has 3 rings (SSSR count). The number of anilines is 1. The maximum atomic E-state index is 13.5. The van der Waals surface area contributed by atoms with Crippen molar-refractivity contribution in [2.45, 2.75) is 5.09 Å². The van der Waals surface area contributed by atoms with E-state index >= 15 is 0 Å². The number of amides is 2. The van der Waals surface area contributed by atoms with E-state index in [1.54, 1.807) is 12.1 Å². The van der Waals surface area contributed by atoms with Gasteiger partial charge in [-0.1, -0.05) is 18.2 Å². The van der Waals surface area contributed by atoms with E-state index in [4.69, 9.17) is 4.42 Å². The Labute approximate surface area is 200 Å². The van der Waals surface area contributed by atoms with Crippen LogP contribution in [0.2, 0.25) is 0 Å². The molecule has 0 saturated carbocycles. The predicted octanol–water partition coefficient (Wildman–Crippen LogP) is 2.31. The lowest BCUT2D eigenvalue weighted by atomic mass is 10.1. The van der Waals surface area contributed by atoms with Gasteiger partial charge < -0.3 is 19.2 Å². The number of hydrazone groups is 1. The summed E-state index contributed by atoms with van der Waals surface area (Å²) in [7, 11) is -1.03. The maximum absolute atomic E-state index is 13.5. The molecule has 2 N–H and O–H groups in total. The fourth-order valence-corrected chi connectivity index (χ4v) is 3.20. The second-order valence-electron chi connectivity index (χ2n) is 7.32. The van der Waals surface area contributed by atoms with Crippen molar-refractivity contribution in [2.24, 2.45) is 5.10 Å². The Bertz CT molecular complexity index is 1400. The van der Waals surface area contributed by atoms with Gasteiger partial charge in [-0.3, -0.25) is 9.59 Å². The van der Waals surface area contributed by atoms with E-state index < -0.39 is 32.8 Å². The first-order chi connectivity index (χ1) is 16.5. The largest absolute Gasteiger partial charge is 0.742 e. The number of nitrogens with zero attached hydrogens (tertiary/aromatic N) is 2. The number of carbonyl (C=O) groups excluding carboxylic acids is 2. The van der Waals surface area contributed by atoms with Crippen molar-refractivity contribution < 1.29 is 31.4 Å². The van der Waals surface area contributed by atoms with E-state index in [1.165, 1.54) is 30.3 Å². The second kappa shape index (κ2) is 10.8. The highest BCUT2D eigenvalue weighted by Gasteiger charge is 2.15. The molecule has 0 aliphatic carbocycles. The topological polar surface area (TPSA) is 144 Å². The number of halogens is 1. The van der Waals surface area contributed by atoms with Gasteiger partial charge in [0, 0.05) is 25.3 Å². The zero-order valence-corrected chi connectivity index (χ0v) is 19.4. The molecule has 1 aromatic heterocycles. The molecule has 0 bridgehead atoms. The fraction of sp³-hybridized carbons (Fsp3) is 0.0870. The number of rotatable bonds is 8. The number of hydrogen-bond donors (Lipinski definition) is 2. The average Bonchev–Trinajstić information content (AvgIpc) is 3.28. The molecule has 2 aromatic carbocycles. The first-order valence-corrected chi connectivity index (χ1v) is 11.4. The summed E-state index contributed by atoms with van der Waals surface area (Å²) in [5.74, 6) is -2.27. The second-order valence-corrected chi connectivity index (χ2v) is 8.63. The molecule has 3 aromatic rings. The molecule has 0 radical (unpaired) electrons. The van der Waals surface area contributed by atoms with E-state index in [1.807, 2.05) is 31.1 Å². The molecule has 0 spiro atoms. The standard InChI is InChI=1S/C23H21FN4O6S/c1-28(2)18-8-6-15(7-9-18)12-20(26-22(29)16-4-3-5-17(24)13-16)23(30)27-25-14-19-10-11-21(34-19)35(31,32)33/h3-14H,1-2H3,(H,26,29)(H,27,30)(H,31,32,33)/p-1/b20-12-,25-14+. The van der Waals surface area contributed by atoms with Crippen LogP contribution in [0, 0.1) is 5.82 Å². The third kappa shape index (κ3) is 7.09. The Morgan fingerprint density at radius 1 is 1.09 bits per heavy atom. The number of nitrogens with one attached hydrogen (secondary N) is 2. The SMILES string of the molecule is CN(C)c1ccc(/C=C(\NC(=O)c2cccc(F)c2)C(=O)N/N=C/c2ccc(S(=O)(=O)[O-])o2)cc1. The first-order valence-electron chi connectivity index (χ1n) is 9.98. The lowest BCUT2D eigenvalue weighted by Crippen LogP contribution is -2.32. The minimum atomic E-state index is -4.77. The molecule has 1 heterocycles. The Balaban J connectivity index is 1.82. The highest BCUT2D eigenvalue weighted by molar-refractivity contribution is 7.85. The van der Waals surface area contributed by atoms with Crippen LogP contribution in [0.15, 0.2) is 81.0 Å². The number of carbonyl (C=O) groups is 2. The number of furan rings is 1. The van der Waals surface area contributed by atoms with Crippen molar-refractivity contribution in [3.05, 3.63) is 89.1 Å². The van der Waals surface area contributed by atoms with E-state index in [-0.39, 0.29) is 17.0 Å². The normalized spacial score (nSPS) is 11.9. The Hall–Kier alpha value is -4.29. The fourth-order valence-electron chi connectivity index (χ4n) is 2.77. The van der Waals surface area contributed by atoms with Crippen molar-refractivity contribution in [1.82, 2.24) is 10.7 Å². The zero-order valence-electron chi connectivity index (χ0n) is 18.6. The van der Waals surface area contributed by atoms with Crippen LogP contribution in [-0.2, 0) is 14.9 Å². The summed E-state index contributed by atoms with van der Waals surface area (Å²) in [6.45, 7) is 0. The van der Waals surface area contributed by atoms with Crippen LogP contribution in [-0.4, -0.2) is 45.1 Å². The molecule has 2 amide bonds. The van der Waals surface area contributed by atoms with Crippen molar-refractivity contribution in [3.8, 4) is 0 Å². The molecular weight excluding hydrogens is 479 g/mol. The van der Waals surface area contributed by atoms with Gasteiger partial charge in [-0.2, -0.15) is 5.10 Å². The highest BCUT2D eigenvalue weighted by atomic mass is 32.2. The minimum Gasteiger partial charge on any atom is -0.742 e. The molecule has 0 aliphatic heterocycles. The zero-order chi connectivity index (χ0) is 25.6. The van der Waals surface area contributed by atoms with Crippen molar-refractivity contribution in [3.63, 3.8) is 0 Å². The summed E-state index contributed by atoms with van der Waals surface area (Å²) in [6, 6.07) is 14.2. The Morgan fingerprint density at radius 3 is 2.40 bits per heavy atom. The van der Waals surface area contributed by atoms with Gasteiger partial charge in [-0.25, -0.2) is 18.2 Å².